The second-order valence-corrected chi connectivity index (χ2v) is 7.40. The Morgan fingerprint density at radius 3 is 2.59 bits per heavy atom. The smallest absolute Gasteiger partial charge is 0.324 e. The number of carbonyl (C=O) groups is 2. The van der Waals surface area contributed by atoms with Gasteiger partial charge in [-0.15, -0.1) is 0 Å². The van der Waals surface area contributed by atoms with E-state index in [0.717, 1.165) is 24.8 Å². The number of aliphatic carboxylic acids is 1. The third-order valence-corrected chi connectivity index (χ3v) is 4.81. The van der Waals surface area contributed by atoms with Gasteiger partial charge in [0.25, 0.3) is 5.91 Å². The molecular formula is C21H27ClN8O4. The van der Waals surface area contributed by atoms with Crippen LogP contribution >= 0.6 is 11.6 Å². The van der Waals surface area contributed by atoms with Crippen LogP contribution in [0.1, 0.15) is 28.9 Å². The van der Waals surface area contributed by atoms with Crippen LogP contribution in [0, 0.1) is 0 Å². The van der Waals surface area contributed by atoms with E-state index in [1.807, 2.05) is 12.1 Å². The van der Waals surface area contributed by atoms with Gasteiger partial charge in [0.1, 0.15) is 18.4 Å². The lowest BCUT2D eigenvalue weighted by molar-refractivity contribution is -0.139. The van der Waals surface area contributed by atoms with Crippen molar-refractivity contribution in [1.29, 1.82) is 0 Å². The largest absolute Gasteiger partial charge is 0.491 e. The molecule has 0 saturated carbocycles. The van der Waals surface area contributed by atoms with E-state index >= 15 is 0 Å². The van der Waals surface area contributed by atoms with Gasteiger partial charge < -0.3 is 26.6 Å². The summed E-state index contributed by atoms with van der Waals surface area (Å²) in [4.78, 5) is 38.7. The van der Waals surface area contributed by atoms with E-state index in [2.05, 4.69) is 37.3 Å². The van der Waals surface area contributed by atoms with Gasteiger partial charge in [-0.25, -0.2) is 15.0 Å². The minimum Gasteiger partial charge on any atom is -0.491 e. The number of ether oxygens (including phenoxy) is 1. The standard InChI is InChI=1S/C21H27ClN8O4/c1-25-18-15(28-16(22)17(24)29-18)19(31)30-21(26-2)27-10-4-3-5-12-6-8-13(9-7-12)34-11-14(23)20(32)33/h6-9,14H,1,3-5,10-11,23H2,2H3,(H2,24,29)(H,32,33)(H2,26,27,30,31)/t14-/m0/s1. The van der Waals surface area contributed by atoms with Crippen LogP contribution in [0.2, 0.25) is 5.15 Å². The maximum absolute atomic E-state index is 12.5. The summed E-state index contributed by atoms with van der Waals surface area (Å²) < 4.78 is 5.36. The molecule has 1 aromatic heterocycles. The Labute approximate surface area is 201 Å². The van der Waals surface area contributed by atoms with Gasteiger partial charge in [-0.05, 0) is 43.7 Å². The molecule has 0 aliphatic carbocycles. The quantitative estimate of drug-likeness (QED) is 0.175. The molecule has 1 heterocycles. The lowest BCUT2D eigenvalue weighted by Crippen LogP contribution is -2.41. The van der Waals surface area contributed by atoms with Crippen LogP contribution in [0.25, 0.3) is 0 Å². The summed E-state index contributed by atoms with van der Waals surface area (Å²) in [6, 6.07) is 6.32. The highest BCUT2D eigenvalue weighted by molar-refractivity contribution is 6.31. The number of unbranched alkanes of at least 4 members (excludes halogenated alkanes) is 1. The first-order chi connectivity index (χ1) is 16.2. The van der Waals surface area contributed by atoms with Crippen LogP contribution < -0.4 is 26.8 Å². The number of carbonyl (C=O) groups excluding carboxylic acids is 1. The Morgan fingerprint density at radius 1 is 1.26 bits per heavy atom. The maximum Gasteiger partial charge on any atom is 0.324 e. The summed E-state index contributed by atoms with van der Waals surface area (Å²) in [7, 11) is 1.53. The number of nitrogens with two attached hydrogens (primary N) is 2. The molecule has 0 aliphatic rings. The van der Waals surface area contributed by atoms with Crippen molar-refractivity contribution in [2.45, 2.75) is 25.3 Å². The van der Waals surface area contributed by atoms with E-state index in [9.17, 15) is 9.59 Å². The Morgan fingerprint density at radius 2 is 1.97 bits per heavy atom. The number of anilines is 1. The number of nitrogens with one attached hydrogen (secondary N) is 2. The van der Waals surface area contributed by atoms with E-state index in [-0.39, 0.29) is 35.0 Å². The lowest BCUT2D eigenvalue weighted by atomic mass is 10.1. The molecule has 2 aromatic rings. The first kappa shape index (κ1) is 26.5. The number of carboxylic acids is 1. The van der Waals surface area contributed by atoms with Crippen molar-refractivity contribution in [3.8, 4) is 5.75 Å². The van der Waals surface area contributed by atoms with Gasteiger partial charge in [-0.3, -0.25) is 19.9 Å². The first-order valence-corrected chi connectivity index (χ1v) is 10.6. The van der Waals surface area contributed by atoms with E-state index in [1.54, 1.807) is 12.1 Å². The fourth-order valence-corrected chi connectivity index (χ4v) is 2.82. The van der Waals surface area contributed by atoms with E-state index in [4.69, 9.17) is 32.9 Å². The molecule has 1 aromatic carbocycles. The molecule has 0 radical (unpaired) electrons. The predicted molar refractivity (Wildman–Crippen MR) is 130 cm³/mol. The maximum atomic E-state index is 12.5. The van der Waals surface area contributed by atoms with E-state index < -0.39 is 17.9 Å². The van der Waals surface area contributed by atoms with Gasteiger partial charge >= 0.3 is 5.97 Å². The summed E-state index contributed by atoms with van der Waals surface area (Å²) >= 11 is 5.85. The molecule has 0 aliphatic heterocycles. The number of nitrogen functional groups attached to an aromatic ring is 1. The van der Waals surface area contributed by atoms with Crippen LogP contribution in [0.3, 0.4) is 0 Å². The Bertz CT molecular complexity index is 1050. The molecule has 0 saturated heterocycles. The molecule has 1 amide bonds. The summed E-state index contributed by atoms with van der Waals surface area (Å²) in [5, 5.41) is 14.3. The number of halogens is 1. The summed E-state index contributed by atoms with van der Waals surface area (Å²) in [5.74, 6) is -0.970. The predicted octanol–water partition coefficient (Wildman–Crippen LogP) is 1.16. The van der Waals surface area contributed by atoms with Crippen molar-refractivity contribution >= 4 is 47.8 Å². The average molecular weight is 491 g/mol. The number of aryl methyl sites for hydroxylation is 1. The number of benzene rings is 1. The molecule has 34 heavy (non-hydrogen) atoms. The number of hydrogen-bond donors (Lipinski definition) is 5. The number of guanidine groups is 1. The van der Waals surface area contributed by atoms with Crippen LogP contribution in [-0.4, -0.2) is 65.9 Å². The highest BCUT2D eigenvalue weighted by Gasteiger charge is 2.18. The van der Waals surface area contributed by atoms with Crippen molar-refractivity contribution in [3.05, 3.63) is 40.7 Å². The monoisotopic (exact) mass is 490 g/mol. The third kappa shape index (κ3) is 7.98. The zero-order chi connectivity index (χ0) is 25.1. The Kier molecular flexibility index (Phi) is 10.2. The normalized spacial score (nSPS) is 12.0. The van der Waals surface area contributed by atoms with Gasteiger partial charge in [-0.1, -0.05) is 23.7 Å². The molecular weight excluding hydrogens is 464 g/mol. The molecule has 2 rings (SSSR count). The Balaban J connectivity index is 1.76. The van der Waals surface area contributed by atoms with Gasteiger partial charge in [-0.2, -0.15) is 0 Å². The highest BCUT2D eigenvalue weighted by atomic mass is 35.5. The molecule has 0 spiro atoms. The van der Waals surface area contributed by atoms with Gasteiger partial charge in [0.2, 0.25) is 0 Å². The number of aliphatic imine (C=N–C) groups is 2. The Hall–Kier alpha value is -3.77. The fourth-order valence-electron chi connectivity index (χ4n) is 2.70. The number of amides is 1. The average Bonchev–Trinajstić information content (AvgIpc) is 2.83. The topological polar surface area (TPSA) is 190 Å². The molecule has 182 valence electrons. The van der Waals surface area contributed by atoms with Crippen molar-refractivity contribution in [1.82, 2.24) is 20.6 Å². The van der Waals surface area contributed by atoms with Crippen molar-refractivity contribution in [2.75, 3.05) is 25.9 Å². The third-order valence-electron chi connectivity index (χ3n) is 4.53. The van der Waals surface area contributed by atoms with Gasteiger partial charge in [0.15, 0.2) is 28.4 Å². The van der Waals surface area contributed by atoms with Crippen molar-refractivity contribution in [2.24, 2.45) is 15.7 Å². The van der Waals surface area contributed by atoms with Gasteiger partial charge in [0, 0.05) is 13.6 Å². The number of carboxylic acid groups (broad SMARTS) is 1. The van der Waals surface area contributed by atoms with Crippen LogP contribution in [0.15, 0.2) is 34.3 Å². The summed E-state index contributed by atoms with van der Waals surface area (Å²) in [5.41, 5.74) is 12.0. The fraction of sp³-hybridized carbons (Fsp3) is 0.333. The SMILES string of the molecule is C=Nc1nc(N)c(Cl)nc1C(=O)NC(=NC)NCCCCc1ccc(OC[C@H](N)C(=O)O)cc1. The van der Waals surface area contributed by atoms with E-state index in [0.29, 0.717) is 12.3 Å². The van der Waals surface area contributed by atoms with E-state index in [1.165, 1.54) is 7.05 Å². The van der Waals surface area contributed by atoms with Crippen LogP contribution in [0.4, 0.5) is 11.6 Å². The number of hydrogen-bond acceptors (Lipinski definition) is 9. The minimum atomic E-state index is -1.11. The van der Waals surface area contributed by atoms with Crippen LogP contribution in [0.5, 0.6) is 5.75 Å². The molecule has 0 unspecified atom stereocenters. The zero-order valence-corrected chi connectivity index (χ0v) is 19.4. The number of nitrogens with zero attached hydrogens (tertiary/aromatic N) is 4. The molecule has 1 atom stereocenters. The highest BCUT2D eigenvalue weighted by Crippen LogP contribution is 2.21. The number of rotatable bonds is 11. The second-order valence-electron chi connectivity index (χ2n) is 7.04. The van der Waals surface area contributed by atoms with Crippen LogP contribution in [-0.2, 0) is 11.2 Å². The number of aromatic nitrogens is 2. The zero-order valence-electron chi connectivity index (χ0n) is 18.6. The second kappa shape index (κ2) is 13.1. The van der Waals surface area contributed by atoms with Gasteiger partial charge in [0.05, 0.1) is 0 Å². The molecule has 7 N–H and O–H groups in total. The first-order valence-electron chi connectivity index (χ1n) is 10.3. The lowest BCUT2D eigenvalue weighted by Gasteiger charge is -2.12. The molecule has 0 bridgehead atoms. The molecule has 12 nitrogen and oxygen atoms in total. The minimum absolute atomic E-state index is 0.0315. The van der Waals surface area contributed by atoms with Crippen molar-refractivity contribution in [3.63, 3.8) is 0 Å². The molecule has 0 fully saturated rings. The molecule has 13 heteroatoms. The summed E-state index contributed by atoms with van der Waals surface area (Å²) in [6.07, 6.45) is 2.52. The van der Waals surface area contributed by atoms with Crippen molar-refractivity contribution < 1.29 is 19.4 Å². The summed E-state index contributed by atoms with van der Waals surface area (Å²) in [6.45, 7) is 3.83.